The van der Waals surface area contributed by atoms with Crippen molar-refractivity contribution in [3.05, 3.63) is 34.3 Å². The minimum Gasteiger partial charge on any atom is -0.289 e. The number of Topliss-reactive ketones (excluding diaryl/α,β-unsaturated/α-hetero) is 1. The topological polar surface area (TPSA) is 17.1 Å². The van der Waals surface area contributed by atoms with Crippen molar-refractivity contribution in [1.82, 2.24) is 0 Å². The monoisotopic (exact) mass is 301 g/mol. The highest BCUT2D eigenvalue weighted by molar-refractivity contribution is 9.10. The molecule has 0 radical (unpaired) electrons. The number of hydrogen-bond donors (Lipinski definition) is 0. The number of halogens is 1. The highest BCUT2D eigenvalue weighted by atomic mass is 79.9. The van der Waals surface area contributed by atoms with Crippen LogP contribution in [0.2, 0.25) is 0 Å². The second-order valence-electron chi connectivity index (χ2n) is 3.74. The van der Waals surface area contributed by atoms with Crippen LogP contribution in [0.3, 0.4) is 0 Å². The van der Waals surface area contributed by atoms with Crippen molar-refractivity contribution in [3.63, 3.8) is 0 Å². The molecule has 1 aromatic rings. The Labute approximate surface area is 110 Å². The van der Waals surface area contributed by atoms with Gasteiger partial charge in [-0.15, -0.1) is 0 Å². The van der Waals surface area contributed by atoms with Crippen LogP contribution in [-0.2, 0) is 11.8 Å². The molecular weight excluding hydrogens is 284 g/mol. The number of carbonyl (C=O) groups excluding carboxylic acids is 1. The van der Waals surface area contributed by atoms with Crippen LogP contribution in [0.4, 0.5) is 0 Å². The Hall–Kier alpha value is -0.280. The molecule has 3 heteroatoms. The van der Waals surface area contributed by atoms with E-state index >= 15 is 0 Å². The van der Waals surface area contributed by atoms with E-state index in [-0.39, 0.29) is 5.78 Å². The molecule has 1 rings (SSSR count). The zero-order valence-electron chi connectivity index (χ0n) is 9.58. The molecule has 1 nitrogen and oxygen atoms in total. The van der Waals surface area contributed by atoms with Crippen molar-refractivity contribution < 1.29 is 4.79 Å². The van der Waals surface area contributed by atoms with Gasteiger partial charge in [0.2, 0.25) is 5.78 Å². The molecular formula is C13H18BrOS+. The second-order valence-corrected chi connectivity index (χ2v) is 5.87. The normalized spacial score (nSPS) is 10.4. The number of carbonyl (C=O) groups is 1. The molecule has 0 aliphatic carbocycles. The molecule has 0 saturated carbocycles. The molecule has 0 bridgehead atoms. The SMILES string of the molecule is CCCCC[SH+]CC(=O)c1ccc(Br)cc1. The van der Waals surface area contributed by atoms with E-state index in [2.05, 4.69) is 22.9 Å². The molecule has 0 atom stereocenters. The van der Waals surface area contributed by atoms with Crippen LogP contribution < -0.4 is 0 Å². The van der Waals surface area contributed by atoms with Crippen molar-refractivity contribution in [1.29, 1.82) is 0 Å². The van der Waals surface area contributed by atoms with E-state index < -0.39 is 0 Å². The lowest BCUT2D eigenvalue weighted by Gasteiger charge is -1.97. The van der Waals surface area contributed by atoms with Crippen LogP contribution in [0.5, 0.6) is 0 Å². The van der Waals surface area contributed by atoms with E-state index in [4.69, 9.17) is 0 Å². The maximum absolute atomic E-state index is 11.8. The Morgan fingerprint density at radius 1 is 1.25 bits per heavy atom. The fourth-order valence-corrected chi connectivity index (χ4v) is 2.64. The molecule has 0 fully saturated rings. The first-order valence-electron chi connectivity index (χ1n) is 5.66. The van der Waals surface area contributed by atoms with E-state index in [1.807, 2.05) is 24.3 Å². The number of benzene rings is 1. The predicted molar refractivity (Wildman–Crippen MR) is 76.5 cm³/mol. The summed E-state index contributed by atoms with van der Waals surface area (Å²) in [6.45, 7) is 2.20. The highest BCUT2D eigenvalue weighted by Gasteiger charge is 2.09. The maximum atomic E-state index is 11.8. The lowest BCUT2D eigenvalue weighted by atomic mass is 10.2. The molecule has 0 unspecified atom stereocenters. The second kappa shape index (κ2) is 7.91. The summed E-state index contributed by atoms with van der Waals surface area (Å²) >= 11 is 4.62. The van der Waals surface area contributed by atoms with Gasteiger partial charge in [-0.2, -0.15) is 0 Å². The molecule has 88 valence electrons. The largest absolute Gasteiger partial charge is 0.289 e. The minimum absolute atomic E-state index is 0.255. The first-order valence-corrected chi connectivity index (χ1v) is 7.72. The van der Waals surface area contributed by atoms with Gasteiger partial charge in [0.15, 0.2) is 5.75 Å². The summed E-state index contributed by atoms with van der Waals surface area (Å²) in [5.41, 5.74) is 0.825. The van der Waals surface area contributed by atoms with E-state index in [9.17, 15) is 4.79 Å². The lowest BCUT2D eigenvalue weighted by molar-refractivity contribution is 0.102. The molecule has 0 heterocycles. The van der Waals surface area contributed by atoms with Gasteiger partial charge in [-0.25, -0.2) is 0 Å². The summed E-state index contributed by atoms with van der Waals surface area (Å²) in [6, 6.07) is 7.60. The van der Waals surface area contributed by atoms with Gasteiger partial charge in [0, 0.05) is 10.0 Å². The van der Waals surface area contributed by atoms with Crippen LogP contribution >= 0.6 is 15.9 Å². The molecule has 0 aliphatic heterocycles. The first kappa shape index (κ1) is 13.8. The number of ketones is 1. The van der Waals surface area contributed by atoms with Crippen LogP contribution in [0.25, 0.3) is 0 Å². The molecule has 0 spiro atoms. The van der Waals surface area contributed by atoms with Gasteiger partial charge in [-0.05, 0) is 36.7 Å². The van der Waals surface area contributed by atoms with Crippen LogP contribution in [0, 0.1) is 0 Å². The molecule has 16 heavy (non-hydrogen) atoms. The summed E-state index contributed by atoms with van der Waals surface area (Å²) in [6.07, 6.45) is 3.77. The van der Waals surface area contributed by atoms with Gasteiger partial charge < -0.3 is 0 Å². The summed E-state index contributed by atoms with van der Waals surface area (Å²) in [7, 11) is 0. The van der Waals surface area contributed by atoms with Gasteiger partial charge in [0.25, 0.3) is 0 Å². The van der Waals surface area contributed by atoms with E-state index in [1.165, 1.54) is 31.0 Å². The van der Waals surface area contributed by atoms with E-state index in [1.54, 1.807) is 0 Å². The standard InChI is InChI=1S/C13H17BrOS/c1-2-3-4-9-16-10-13(15)11-5-7-12(14)8-6-11/h5-8H,2-4,9-10H2,1H3/p+1. The number of hydrogen-bond acceptors (Lipinski definition) is 1. The average Bonchev–Trinajstić information content (AvgIpc) is 2.29. The summed E-state index contributed by atoms with van der Waals surface area (Å²) in [4.78, 5) is 11.8. The molecule has 1 aromatic carbocycles. The van der Waals surface area contributed by atoms with Gasteiger partial charge in [-0.1, -0.05) is 41.4 Å². The summed E-state index contributed by atoms with van der Waals surface area (Å²) in [5.74, 6) is 2.06. The van der Waals surface area contributed by atoms with Gasteiger partial charge in [0.05, 0.1) is 0 Å². The van der Waals surface area contributed by atoms with Gasteiger partial charge in [0.1, 0.15) is 5.75 Å². The van der Waals surface area contributed by atoms with Crippen molar-refractivity contribution in [3.8, 4) is 0 Å². The van der Waals surface area contributed by atoms with Gasteiger partial charge in [-0.3, -0.25) is 4.79 Å². The van der Waals surface area contributed by atoms with Crippen LogP contribution in [-0.4, -0.2) is 17.3 Å². The number of unbranched alkanes of at least 4 members (excludes halogenated alkanes) is 2. The molecule has 0 N–H and O–H groups in total. The third-order valence-electron chi connectivity index (χ3n) is 2.34. The van der Waals surface area contributed by atoms with Crippen molar-refractivity contribution >= 4 is 33.5 Å². The van der Waals surface area contributed by atoms with Crippen LogP contribution in [0.15, 0.2) is 28.7 Å². The average molecular weight is 302 g/mol. The molecule has 0 saturated heterocycles. The molecule has 0 aliphatic rings. The van der Waals surface area contributed by atoms with Crippen LogP contribution in [0.1, 0.15) is 36.5 Å². The third kappa shape index (κ3) is 5.17. The zero-order valence-corrected chi connectivity index (χ0v) is 12.1. The Morgan fingerprint density at radius 3 is 2.56 bits per heavy atom. The highest BCUT2D eigenvalue weighted by Crippen LogP contribution is 2.11. The Balaban J connectivity index is 2.27. The zero-order chi connectivity index (χ0) is 11.8. The lowest BCUT2D eigenvalue weighted by Crippen LogP contribution is -2.08. The summed E-state index contributed by atoms with van der Waals surface area (Å²) < 4.78 is 1.02. The molecule has 0 amide bonds. The quantitative estimate of drug-likeness (QED) is 0.325. The maximum Gasteiger partial charge on any atom is 0.211 e. The third-order valence-corrected chi connectivity index (χ3v) is 4.01. The minimum atomic E-state index is 0.255. The van der Waals surface area contributed by atoms with Crippen molar-refractivity contribution in [2.24, 2.45) is 0 Å². The Morgan fingerprint density at radius 2 is 1.94 bits per heavy atom. The van der Waals surface area contributed by atoms with E-state index in [0.29, 0.717) is 5.75 Å². The number of thiol groups is 1. The smallest absolute Gasteiger partial charge is 0.211 e. The molecule has 0 aromatic heterocycles. The Bertz CT molecular complexity index is 321. The number of rotatable bonds is 7. The van der Waals surface area contributed by atoms with Crippen molar-refractivity contribution in [2.75, 3.05) is 11.5 Å². The van der Waals surface area contributed by atoms with Gasteiger partial charge >= 0.3 is 0 Å². The first-order chi connectivity index (χ1) is 7.74. The fourth-order valence-electron chi connectivity index (χ4n) is 1.38. The summed E-state index contributed by atoms with van der Waals surface area (Å²) in [5, 5.41) is 0. The van der Waals surface area contributed by atoms with E-state index in [0.717, 1.165) is 15.8 Å². The Kier molecular flexibility index (Phi) is 6.81. The predicted octanol–water partition coefficient (Wildman–Crippen LogP) is 3.64. The fraction of sp³-hybridized carbons (Fsp3) is 0.462. The van der Waals surface area contributed by atoms with Crippen molar-refractivity contribution in [2.45, 2.75) is 26.2 Å².